The predicted molar refractivity (Wildman–Crippen MR) is 203 cm³/mol. The van der Waals surface area contributed by atoms with Gasteiger partial charge >= 0.3 is 5.97 Å². The normalized spacial score (nSPS) is 24.6. The molecule has 6 atom stereocenters. The van der Waals surface area contributed by atoms with Crippen LogP contribution in [0.2, 0.25) is 0 Å². The third-order valence-electron chi connectivity index (χ3n) is 9.16. The van der Waals surface area contributed by atoms with E-state index in [1.54, 1.807) is 44.2 Å². The average Bonchev–Trinajstić information content (AvgIpc) is 3.63. The average molecular weight is 800 g/mol. The van der Waals surface area contributed by atoms with Crippen LogP contribution < -0.4 is 49.1 Å². The maximum Gasteiger partial charge on any atom is 0.326 e. The summed E-state index contributed by atoms with van der Waals surface area (Å²) < 4.78 is 0. The Morgan fingerprint density at radius 2 is 1.47 bits per heavy atom. The molecular weight excluding hydrogens is 746 g/mol. The Hall–Kier alpha value is -6.28. The number of nitrogens with zero attached hydrogens (tertiary/aromatic N) is 2. The zero-order valence-corrected chi connectivity index (χ0v) is 32.0. The minimum Gasteiger partial charge on any atom is -0.480 e. The first-order chi connectivity index (χ1) is 26.9. The van der Waals surface area contributed by atoms with Crippen molar-refractivity contribution in [3.8, 4) is 0 Å². The molecule has 2 saturated heterocycles. The molecule has 1 aromatic carbocycles. The van der Waals surface area contributed by atoms with E-state index in [-0.39, 0.29) is 57.1 Å². The summed E-state index contributed by atoms with van der Waals surface area (Å²) >= 11 is 0. The van der Waals surface area contributed by atoms with Crippen LogP contribution in [0.3, 0.4) is 0 Å². The van der Waals surface area contributed by atoms with Crippen molar-refractivity contribution < 1.29 is 48.3 Å². The van der Waals surface area contributed by atoms with Gasteiger partial charge in [0.25, 0.3) is 0 Å². The first-order valence-electron chi connectivity index (χ1n) is 18.6. The fourth-order valence-electron chi connectivity index (χ4n) is 6.43. The van der Waals surface area contributed by atoms with Gasteiger partial charge in [0.15, 0.2) is 5.96 Å². The van der Waals surface area contributed by atoms with Crippen LogP contribution in [-0.2, 0) is 49.6 Å². The number of carbonyl (C=O) groups excluding carboxylic acids is 8. The third-order valence-corrected chi connectivity index (χ3v) is 9.16. The number of carboxylic acid groups (broad SMARTS) is 1. The van der Waals surface area contributed by atoms with Crippen LogP contribution in [-0.4, -0.2) is 125 Å². The molecule has 1 aromatic rings. The second kappa shape index (κ2) is 21.7. The number of hydrogen-bond donors (Lipinski definition) is 10. The Morgan fingerprint density at radius 1 is 0.825 bits per heavy atom. The van der Waals surface area contributed by atoms with Gasteiger partial charge in [-0.15, -0.1) is 0 Å². The standard InChI is InChI=1S/C36H53N11O10/c1-19(2)14-22-32(53)46-24(16-27(37)48)34(55)47-13-7-11-26(47)33(54)44-21(10-6-12-40-36(38)39)31(52)45-23(15-20-8-4-3-5-9-20)30(51)41-18-29(50)43-25(35(56)57)17-28(49)42-22/h3-5,8-9,19,21-26H,6-7,10-18H2,1-2H3,(H2,37,48)(H,41,51)(H,42,49)(H,43,50)(H,44,54)(H,45,52)(H,46,53)(H,56,57)(H4,38,39,40)/t21-,22-,23-,24-,25-,26-/m0/s1. The molecule has 0 unspecified atom stereocenters. The number of guanidine groups is 1. The van der Waals surface area contributed by atoms with Gasteiger partial charge in [-0.05, 0) is 43.6 Å². The number of carboxylic acids is 1. The zero-order valence-electron chi connectivity index (χ0n) is 32.0. The summed E-state index contributed by atoms with van der Waals surface area (Å²) in [7, 11) is 0. The van der Waals surface area contributed by atoms with Gasteiger partial charge in [-0.25, -0.2) is 4.79 Å². The van der Waals surface area contributed by atoms with E-state index in [4.69, 9.17) is 17.2 Å². The molecule has 0 aliphatic carbocycles. The summed E-state index contributed by atoms with van der Waals surface area (Å²) in [4.78, 5) is 124. The summed E-state index contributed by atoms with van der Waals surface area (Å²) in [6, 6.07) is 0.197. The van der Waals surface area contributed by atoms with Crippen molar-refractivity contribution in [2.45, 2.75) is 101 Å². The van der Waals surface area contributed by atoms with Crippen molar-refractivity contribution in [2.24, 2.45) is 28.1 Å². The molecule has 21 nitrogen and oxygen atoms in total. The number of aliphatic imine (C=N–C) groups is 1. The van der Waals surface area contributed by atoms with Crippen LogP contribution in [0, 0.1) is 5.92 Å². The first-order valence-corrected chi connectivity index (χ1v) is 18.6. The number of nitrogens with one attached hydrogen (secondary N) is 6. The van der Waals surface area contributed by atoms with Crippen LogP contribution in [0.15, 0.2) is 35.3 Å². The molecule has 0 radical (unpaired) electrons. The molecule has 2 aliphatic heterocycles. The maximum absolute atomic E-state index is 14.0. The molecule has 21 heteroatoms. The van der Waals surface area contributed by atoms with E-state index in [0.717, 1.165) is 0 Å². The summed E-state index contributed by atoms with van der Waals surface area (Å²) in [5.74, 6) is -8.91. The van der Waals surface area contributed by atoms with E-state index in [0.29, 0.717) is 12.0 Å². The summed E-state index contributed by atoms with van der Waals surface area (Å²) in [5.41, 5.74) is 17.0. The molecule has 0 aromatic heterocycles. The molecule has 13 N–H and O–H groups in total. The summed E-state index contributed by atoms with van der Waals surface area (Å²) in [6.07, 6.45) is -0.811. The van der Waals surface area contributed by atoms with Crippen molar-refractivity contribution in [1.82, 2.24) is 36.8 Å². The Morgan fingerprint density at radius 3 is 2.11 bits per heavy atom. The van der Waals surface area contributed by atoms with Gasteiger partial charge in [0.05, 0.1) is 19.4 Å². The summed E-state index contributed by atoms with van der Waals surface area (Å²) in [5, 5.41) is 24.6. The van der Waals surface area contributed by atoms with Crippen molar-refractivity contribution in [1.29, 1.82) is 0 Å². The highest BCUT2D eigenvalue weighted by molar-refractivity contribution is 5.99. The topological polar surface area (TPSA) is 340 Å². The van der Waals surface area contributed by atoms with Gasteiger partial charge in [0.2, 0.25) is 47.3 Å². The highest BCUT2D eigenvalue weighted by Crippen LogP contribution is 2.20. The number of benzene rings is 1. The number of rotatable bonds is 11. The third kappa shape index (κ3) is 14.7. The van der Waals surface area contributed by atoms with Crippen LogP contribution in [0.1, 0.15) is 64.4 Å². The number of carbonyl (C=O) groups is 9. The lowest BCUT2D eigenvalue weighted by atomic mass is 10.0. The monoisotopic (exact) mass is 799 g/mol. The van der Waals surface area contributed by atoms with Gasteiger partial charge in [0.1, 0.15) is 36.3 Å². The van der Waals surface area contributed by atoms with Crippen LogP contribution in [0.4, 0.5) is 0 Å². The molecule has 2 aliphatic rings. The van der Waals surface area contributed by atoms with Gasteiger partial charge in [-0.3, -0.25) is 43.3 Å². The highest BCUT2D eigenvalue weighted by atomic mass is 16.4. The van der Waals surface area contributed by atoms with E-state index in [1.807, 2.05) is 0 Å². The highest BCUT2D eigenvalue weighted by Gasteiger charge is 2.40. The van der Waals surface area contributed by atoms with Crippen molar-refractivity contribution >= 4 is 59.2 Å². The molecule has 3 rings (SSSR count). The van der Waals surface area contributed by atoms with Gasteiger partial charge < -0.3 is 59.1 Å². The van der Waals surface area contributed by atoms with Gasteiger partial charge in [-0.2, -0.15) is 0 Å². The van der Waals surface area contributed by atoms with Gasteiger partial charge in [0, 0.05) is 19.5 Å². The SMILES string of the molecule is CC(C)C[C@@H]1NC(=O)C[C@@H](C(=O)O)NC(=O)CNC(=O)[C@H](Cc2ccccc2)NC(=O)[C@H](CCCN=C(N)N)NC(=O)[C@@H]2CCCN2C(=O)[C@H](CC(N)=O)NC1=O. The Kier molecular flexibility index (Phi) is 17.2. The van der Waals surface area contributed by atoms with E-state index < -0.39 is 109 Å². The largest absolute Gasteiger partial charge is 0.480 e. The van der Waals surface area contributed by atoms with E-state index in [9.17, 15) is 48.3 Å². The second-order valence-corrected chi connectivity index (χ2v) is 14.3. The lowest BCUT2D eigenvalue weighted by Gasteiger charge is -2.31. The fraction of sp³-hybridized carbons (Fsp3) is 0.556. The molecule has 0 bridgehead atoms. The zero-order chi connectivity index (χ0) is 42.2. The molecule has 0 saturated carbocycles. The Bertz CT molecular complexity index is 1690. The quantitative estimate of drug-likeness (QED) is 0.0586. The summed E-state index contributed by atoms with van der Waals surface area (Å²) in [6.45, 7) is 2.89. The smallest absolute Gasteiger partial charge is 0.326 e. The molecule has 57 heavy (non-hydrogen) atoms. The second-order valence-electron chi connectivity index (χ2n) is 14.3. The number of hydrogen-bond acceptors (Lipinski definition) is 10. The van der Waals surface area contributed by atoms with E-state index in [2.05, 4.69) is 36.9 Å². The molecule has 2 fully saturated rings. The molecule has 8 amide bonds. The predicted octanol–water partition coefficient (Wildman–Crippen LogP) is -3.78. The minimum absolute atomic E-state index is 0.0169. The first kappa shape index (κ1) is 45.1. The number of nitrogens with two attached hydrogens (primary N) is 3. The van der Waals surface area contributed by atoms with Gasteiger partial charge in [-0.1, -0.05) is 44.2 Å². The minimum atomic E-state index is -1.78. The molecular formula is C36H53N11O10. The van der Waals surface area contributed by atoms with Crippen LogP contribution in [0.25, 0.3) is 0 Å². The lowest BCUT2D eigenvalue weighted by Crippen LogP contribution is -2.60. The van der Waals surface area contributed by atoms with E-state index >= 15 is 0 Å². The van der Waals surface area contributed by atoms with Crippen molar-refractivity contribution in [3.05, 3.63) is 35.9 Å². The number of fused-ring (bicyclic) bond motifs is 1. The Balaban J connectivity index is 2.05. The molecule has 312 valence electrons. The van der Waals surface area contributed by atoms with Crippen molar-refractivity contribution in [3.63, 3.8) is 0 Å². The molecule has 0 spiro atoms. The van der Waals surface area contributed by atoms with E-state index in [1.165, 1.54) is 4.90 Å². The van der Waals surface area contributed by atoms with Crippen LogP contribution >= 0.6 is 0 Å². The van der Waals surface area contributed by atoms with Crippen molar-refractivity contribution in [2.75, 3.05) is 19.6 Å². The fourth-order valence-corrected chi connectivity index (χ4v) is 6.43. The van der Waals surface area contributed by atoms with Crippen LogP contribution in [0.5, 0.6) is 0 Å². The Labute approximate surface area is 329 Å². The number of amides is 8. The number of primary amides is 1. The lowest BCUT2D eigenvalue weighted by molar-refractivity contribution is -0.144. The number of aliphatic carboxylic acids is 1. The molecule has 2 heterocycles. The maximum atomic E-state index is 14.0.